The number of rotatable bonds is 2. The van der Waals surface area contributed by atoms with Gasteiger partial charge in [-0.2, -0.15) is 4.39 Å². The summed E-state index contributed by atoms with van der Waals surface area (Å²) in [5.41, 5.74) is 1.62. The van der Waals surface area contributed by atoms with Crippen molar-refractivity contribution in [3.05, 3.63) is 42.5 Å². The van der Waals surface area contributed by atoms with E-state index in [4.69, 9.17) is 4.74 Å². The van der Waals surface area contributed by atoms with Crippen LogP contribution in [0.4, 0.5) is 4.39 Å². The van der Waals surface area contributed by atoms with Crippen molar-refractivity contribution in [3.8, 4) is 16.3 Å². The largest absolute Gasteiger partial charge is 0.497 e. The SMILES string of the molecule is COc1ccc2nc(-c3ccnc([18F])c3)sc2c1. The van der Waals surface area contributed by atoms with Gasteiger partial charge in [0.05, 0.1) is 17.3 Å². The van der Waals surface area contributed by atoms with Crippen LogP contribution < -0.4 is 4.74 Å². The predicted octanol–water partition coefficient (Wildman–Crippen LogP) is 3.51. The third kappa shape index (κ3) is 1.93. The standard InChI is InChI=1S/C13H9FN2OS/c1-17-9-2-3-10-11(7-9)18-13(16-10)8-4-5-15-12(14)6-8/h2-7H,1H3/i14-1. The zero-order valence-corrected chi connectivity index (χ0v) is 10.4. The first-order valence-electron chi connectivity index (χ1n) is 5.33. The lowest BCUT2D eigenvalue weighted by Crippen LogP contribution is -1.82. The van der Waals surface area contributed by atoms with E-state index in [2.05, 4.69) is 9.97 Å². The molecular weight excluding hydrogens is 250 g/mol. The van der Waals surface area contributed by atoms with Crippen molar-refractivity contribution >= 4 is 21.6 Å². The highest BCUT2D eigenvalue weighted by molar-refractivity contribution is 7.21. The lowest BCUT2D eigenvalue weighted by Gasteiger charge is -1.96. The number of halogens is 1. The molecule has 0 amide bonds. The molecule has 0 saturated heterocycles. The van der Waals surface area contributed by atoms with Gasteiger partial charge in [-0.1, -0.05) is 0 Å². The van der Waals surface area contributed by atoms with Gasteiger partial charge in [0.15, 0.2) is 0 Å². The van der Waals surface area contributed by atoms with E-state index in [-0.39, 0.29) is 0 Å². The van der Waals surface area contributed by atoms with Crippen molar-refractivity contribution in [3.63, 3.8) is 0 Å². The van der Waals surface area contributed by atoms with Crippen molar-refractivity contribution in [2.75, 3.05) is 7.11 Å². The van der Waals surface area contributed by atoms with E-state index in [0.717, 1.165) is 26.5 Å². The molecule has 3 aromatic rings. The third-order valence-corrected chi connectivity index (χ3v) is 3.64. The Bertz CT molecular complexity index is 711. The second-order valence-corrected chi connectivity index (χ2v) is 4.75. The van der Waals surface area contributed by atoms with Crippen molar-refractivity contribution in [1.82, 2.24) is 9.97 Å². The summed E-state index contributed by atoms with van der Waals surface area (Å²) in [7, 11) is 1.63. The summed E-state index contributed by atoms with van der Waals surface area (Å²) in [6.07, 6.45) is 1.44. The number of methoxy groups -OCH3 is 1. The van der Waals surface area contributed by atoms with Gasteiger partial charge in [0.25, 0.3) is 0 Å². The molecule has 3 nitrogen and oxygen atoms in total. The molecule has 2 aromatic heterocycles. The molecule has 0 bridgehead atoms. The van der Waals surface area contributed by atoms with Crippen molar-refractivity contribution in [2.24, 2.45) is 0 Å². The van der Waals surface area contributed by atoms with Crippen molar-refractivity contribution < 1.29 is 9.13 Å². The summed E-state index contributed by atoms with van der Waals surface area (Å²) in [6, 6.07) is 8.81. The van der Waals surface area contributed by atoms with E-state index in [1.54, 1.807) is 13.2 Å². The van der Waals surface area contributed by atoms with Gasteiger partial charge < -0.3 is 4.74 Å². The van der Waals surface area contributed by atoms with Crippen LogP contribution in [-0.4, -0.2) is 17.1 Å². The summed E-state index contributed by atoms with van der Waals surface area (Å²) in [5, 5.41) is 0.777. The Morgan fingerprint density at radius 3 is 2.89 bits per heavy atom. The highest BCUT2D eigenvalue weighted by Gasteiger charge is 2.08. The number of fused-ring (bicyclic) bond motifs is 1. The molecular formula is C13H9FN2OS. The van der Waals surface area contributed by atoms with Crippen LogP contribution in [0.15, 0.2) is 36.5 Å². The first kappa shape index (κ1) is 11.1. The van der Waals surface area contributed by atoms with Gasteiger partial charge in [-0.15, -0.1) is 11.3 Å². The van der Waals surface area contributed by atoms with Crippen LogP contribution in [0.5, 0.6) is 5.75 Å². The van der Waals surface area contributed by atoms with Gasteiger partial charge in [-0.25, -0.2) is 9.97 Å². The third-order valence-electron chi connectivity index (χ3n) is 2.57. The van der Waals surface area contributed by atoms with Crippen LogP contribution in [0.25, 0.3) is 20.8 Å². The Morgan fingerprint density at radius 2 is 2.11 bits per heavy atom. The number of benzene rings is 1. The maximum absolute atomic E-state index is 13.1. The fourth-order valence-corrected chi connectivity index (χ4v) is 2.68. The molecule has 0 saturated carbocycles. The summed E-state index contributed by atoms with van der Waals surface area (Å²) in [6.45, 7) is 0. The molecule has 0 aliphatic heterocycles. The minimum absolute atomic E-state index is 0.496. The van der Waals surface area contributed by atoms with Crippen LogP contribution in [0.1, 0.15) is 0 Å². The average molecular weight is 259 g/mol. The van der Waals surface area contributed by atoms with Crippen LogP contribution in [-0.2, 0) is 0 Å². The Hall–Kier alpha value is -2.01. The normalized spacial score (nSPS) is 10.8. The molecule has 0 atom stereocenters. The van der Waals surface area contributed by atoms with Crippen LogP contribution in [0.3, 0.4) is 0 Å². The van der Waals surface area contributed by atoms with Gasteiger partial charge >= 0.3 is 0 Å². The van der Waals surface area contributed by atoms with Gasteiger partial charge in [-0.05, 0) is 24.3 Å². The molecule has 0 fully saturated rings. The first-order valence-corrected chi connectivity index (χ1v) is 6.14. The van der Waals surface area contributed by atoms with Gasteiger partial charge in [-0.3, -0.25) is 0 Å². The van der Waals surface area contributed by atoms with E-state index in [0.29, 0.717) is 0 Å². The van der Waals surface area contributed by atoms with Crippen molar-refractivity contribution in [2.45, 2.75) is 0 Å². The summed E-state index contributed by atoms with van der Waals surface area (Å²) in [4.78, 5) is 8.00. The molecule has 0 radical (unpaired) electrons. The molecule has 2 heterocycles. The average Bonchev–Trinajstić information content (AvgIpc) is 2.81. The fraction of sp³-hybridized carbons (Fsp3) is 0.0769. The van der Waals surface area contributed by atoms with Gasteiger partial charge in [0.2, 0.25) is 5.95 Å². The van der Waals surface area contributed by atoms with Crippen LogP contribution in [0.2, 0.25) is 0 Å². The zero-order chi connectivity index (χ0) is 12.5. The monoisotopic (exact) mass is 259 g/mol. The number of aromatic nitrogens is 2. The van der Waals surface area contributed by atoms with E-state index in [1.807, 2.05) is 18.2 Å². The summed E-state index contributed by atoms with van der Waals surface area (Å²) in [5.74, 6) is 0.294. The Kier molecular flexibility index (Phi) is 2.68. The Morgan fingerprint density at radius 1 is 1.22 bits per heavy atom. The highest BCUT2D eigenvalue weighted by atomic mass is 32.1. The highest BCUT2D eigenvalue weighted by Crippen LogP contribution is 2.32. The van der Waals surface area contributed by atoms with Crippen LogP contribution >= 0.6 is 11.3 Å². The van der Waals surface area contributed by atoms with E-state index in [1.165, 1.54) is 23.6 Å². The number of thiazole rings is 1. The summed E-state index contributed by atoms with van der Waals surface area (Å²) < 4.78 is 19.3. The Labute approximate surface area is 107 Å². The zero-order valence-electron chi connectivity index (χ0n) is 9.55. The summed E-state index contributed by atoms with van der Waals surface area (Å²) >= 11 is 1.50. The molecule has 5 heteroatoms. The van der Waals surface area contributed by atoms with Gasteiger partial charge in [0, 0.05) is 17.8 Å². The molecule has 0 N–H and O–H groups in total. The molecule has 0 aliphatic carbocycles. The minimum Gasteiger partial charge on any atom is -0.497 e. The smallest absolute Gasteiger partial charge is 0.213 e. The number of hydrogen-bond donors (Lipinski definition) is 0. The maximum atomic E-state index is 13.1. The maximum Gasteiger partial charge on any atom is 0.213 e. The molecule has 0 unspecified atom stereocenters. The number of pyridine rings is 1. The quantitative estimate of drug-likeness (QED) is 0.661. The molecule has 90 valence electrons. The second kappa shape index (κ2) is 4.34. The number of nitrogens with zero attached hydrogens (tertiary/aromatic N) is 2. The van der Waals surface area contributed by atoms with E-state index >= 15 is 0 Å². The van der Waals surface area contributed by atoms with Gasteiger partial charge in [0.1, 0.15) is 10.8 Å². The van der Waals surface area contributed by atoms with E-state index < -0.39 is 5.95 Å². The fourth-order valence-electron chi connectivity index (χ4n) is 1.69. The first-order chi connectivity index (χ1) is 8.76. The van der Waals surface area contributed by atoms with E-state index in [9.17, 15) is 4.39 Å². The molecule has 0 aliphatic rings. The topological polar surface area (TPSA) is 35.0 Å². The van der Waals surface area contributed by atoms with Crippen LogP contribution in [0, 0.1) is 5.95 Å². The lowest BCUT2D eigenvalue weighted by molar-refractivity contribution is 0.415. The second-order valence-electron chi connectivity index (χ2n) is 3.72. The molecule has 0 spiro atoms. The number of ether oxygens (including phenoxy) is 1. The lowest BCUT2D eigenvalue weighted by atomic mass is 10.3. The molecule has 3 rings (SSSR count). The van der Waals surface area contributed by atoms with Crippen molar-refractivity contribution in [1.29, 1.82) is 0 Å². The predicted molar refractivity (Wildman–Crippen MR) is 69.4 cm³/mol. The molecule has 18 heavy (non-hydrogen) atoms. The minimum atomic E-state index is -0.496. The molecule has 1 aromatic carbocycles. The Balaban J connectivity index is 2.13. The number of hydrogen-bond acceptors (Lipinski definition) is 4.